The lowest BCUT2D eigenvalue weighted by Crippen LogP contribution is -2.40. The van der Waals surface area contributed by atoms with E-state index in [4.69, 9.17) is 16.3 Å². The van der Waals surface area contributed by atoms with Gasteiger partial charge in [-0.1, -0.05) is 13.3 Å². The number of carboxylic acid groups (broad SMARTS) is 1. The molecule has 0 heterocycles. The molecule has 5 heteroatoms. The van der Waals surface area contributed by atoms with E-state index < -0.39 is 18.1 Å². The van der Waals surface area contributed by atoms with Crippen LogP contribution < -0.4 is 5.32 Å². The Bertz CT molecular complexity index is 257. The van der Waals surface area contributed by atoms with E-state index in [-0.39, 0.29) is 13.0 Å². The second-order valence-corrected chi connectivity index (χ2v) is 2.93. The second-order valence-electron chi connectivity index (χ2n) is 2.93. The summed E-state index contributed by atoms with van der Waals surface area (Å²) in [6, 6.07) is -1.08. The molecule has 0 spiro atoms. The molecule has 0 radical (unpaired) electrons. The Morgan fingerprint density at radius 3 is 2.73 bits per heavy atom. The molecule has 1 unspecified atom stereocenters. The van der Waals surface area contributed by atoms with E-state index in [0.29, 0.717) is 0 Å². The van der Waals surface area contributed by atoms with Gasteiger partial charge in [0, 0.05) is 6.42 Å². The van der Waals surface area contributed by atoms with Gasteiger partial charge in [0.25, 0.3) is 0 Å². The smallest absolute Gasteiger partial charge is 0.407 e. The van der Waals surface area contributed by atoms with Gasteiger partial charge in [-0.15, -0.1) is 12.3 Å². The summed E-state index contributed by atoms with van der Waals surface area (Å²) in [4.78, 5) is 21.6. The number of unbranched alkanes of at least 4 members (excludes halogenated alkanes) is 1. The van der Waals surface area contributed by atoms with Gasteiger partial charge < -0.3 is 15.2 Å². The number of rotatable bonds is 6. The van der Waals surface area contributed by atoms with Gasteiger partial charge in [-0.3, -0.25) is 0 Å². The second kappa shape index (κ2) is 7.68. The van der Waals surface area contributed by atoms with E-state index in [1.165, 1.54) is 0 Å². The molecular weight excluding hydrogens is 198 g/mol. The van der Waals surface area contributed by atoms with Crippen molar-refractivity contribution >= 4 is 12.1 Å². The van der Waals surface area contributed by atoms with Crippen LogP contribution in [0.15, 0.2) is 0 Å². The molecule has 1 atom stereocenters. The first-order valence-corrected chi connectivity index (χ1v) is 4.71. The minimum absolute atomic E-state index is 0.0573. The Labute approximate surface area is 88.8 Å². The maximum atomic E-state index is 11.0. The number of hydrogen-bond donors (Lipinski definition) is 2. The summed E-state index contributed by atoms with van der Waals surface area (Å²) in [5.41, 5.74) is 0. The molecule has 0 fully saturated rings. The predicted molar refractivity (Wildman–Crippen MR) is 54.3 cm³/mol. The molecule has 0 bridgehead atoms. The van der Waals surface area contributed by atoms with Crippen LogP contribution in [0.3, 0.4) is 0 Å². The molecule has 0 aliphatic heterocycles. The quantitative estimate of drug-likeness (QED) is 0.509. The van der Waals surface area contributed by atoms with Crippen LogP contribution in [-0.4, -0.2) is 29.8 Å². The summed E-state index contributed by atoms with van der Waals surface area (Å²) in [7, 11) is 0. The number of aliphatic carboxylic acids is 1. The van der Waals surface area contributed by atoms with Gasteiger partial charge in [-0.05, 0) is 6.42 Å². The van der Waals surface area contributed by atoms with Crippen molar-refractivity contribution in [3.63, 3.8) is 0 Å². The first kappa shape index (κ1) is 13.3. The van der Waals surface area contributed by atoms with Gasteiger partial charge in [0.05, 0.1) is 6.61 Å². The van der Waals surface area contributed by atoms with Gasteiger partial charge >= 0.3 is 12.1 Å². The monoisotopic (exact) mass is 213 g/mol. The standard InChI is InChI=1S/C10H15NO4/c1-3-5-7-15-10(14)11-8(6-4-2)9(12)13/h2,8H,3,5-7H2,1H3,(H,11,14)(H,12,13). The zero-order valence-electron chi connectivity index (χ0n) is 8.66. The maximum absolute atomic E-state index is 11.0. The van der Waals surface area contributed by atoms with E-state index in [2.05, 4.69) is 11.2 Å². The molecule has 1 amide bonds. The number of alkyl carbamates (subject to hydrolysis) is 1. The summed E-state index contributed by atoms with van der Waals surface area (Å²) in [5.74, 6) is 1.00. The third-order valence-electron chi connectivity index (χ3n) is 1.64. The van der Waals surface area contributed by atoms with Crippen LogP contribution in [0.25, 0.3) is 0 Å². The van der Waals surface area contributed by atoms with Gasteiger partial charge in [0.2, 0.25) is 0 Å². The van der Waals surface area contributed by atoms with Crippen molar-refractivity contribution in [3.05, 3.63) is 0 Å². The van der Waals surface area contributed by atoms with Crippen LogP contribution in [0.5, 0.6) is 0 Å². The summed E-state index contributed by atoms with van der Waals surface area (Å²) in [6.07, 6.45) is 5.81. The Hall–Kier alpha value is -1.70. The van der Waals surface area contributed by atoms with Gasteiger partial charge in [-0.2, -0.15) is 0 Å². The minimum atomic E-state index is -1.17. The molecule has 5 nitrogen and oxygen atoms in total. The molecule has 0 aromatic carbocycles. The number of nitrogens with one attached hydrogen (secondary N) is 1. The zero-order valence-corrected chi connectivity index (χ0v) is 8.66. The number of ether oxygens (including phenoxy) is 1. The number of amides is 1. The van der Waals surface area contributed by atoms with Gasteiger partial charge in [-0.25, -0.2) is 9.59 Å². The topological polar surface area (TPSA) is 75.6 Å². The third kappa shape index (κ3) is 6.38. The molecule has 0 aromatic rings. The van der Waals surface area contributed by atoms with Crippen LogP contribution in [0.1, 0.15) is 26.2 Å². The van der Waals surface area contributed by atoms with Crippen molar-refractivity contribution in [2.75, 3.05) is 6.61 Å². The largest absolute Gasteiger partial charge is 0.480 e. The predicted octanol–water partition coefficient (Wildman–Crippen LogP) is 0.989. The fourth-order valence-electron chi connectivity index (χ4n) is 0.811. The Balaban J connectivity index is 3.90. The van der Waals surface area contributed by atoms with Crippen molar-refractivity contribution in [3.8, 4) is 12.3 Å². The van der Waals surface area contributed by atoms with Crippen molar-refractivity contribution in [2.45, 2.75) is 32.2 Å². The van der Waals surface area contributed by atoms with Crippen LogP contribution in [0, 0.1) is 12.3 Å². The maximum Gasteiger partial charge on any atom is 0.407 e. The zero-order chi connectivity index (χ0) is 11.7. The highest BCUT2D eigenvalue weighted by atomic mass is 16.5. The molecule has 84 valence electrons. The summed E-state index contributed by atoms with van der Waals surface area (Å²) < 4.78 is 4.73. The summed E-state index contributed by atoms with van der Waals surface area (Å²) >= 11 is 0. The molecule has 0 aliphatic rings. The van der Waals surface area contributed by atoms with Crippen molar-refractivity contribution in [2.24, 2.45) is 0 Å². The average molecular weight is 213 g/mol. The van der Waals surface area contributed by atoms with Crippen molar-refractivity contribution in [1.29, 1.82) is 0 Å². The Morgan fingerprint density at radius 1 is 1.60 bits per heavy atom. The van der Waals surface area contributed by atoms with Crippen molar-refractivity contribution in [1.82, 2.24) is 5.32 Å². The molecule has 2 N–H and O–H groups in total. The average Bonchev–Trinajstić information content (AvgIpc) is 2.17. The number of terminal acetylenes is 1. The van der Waals surface area contributed by atoms with Crippen LogP contribution in [0.4, 0.5) is 4.79 Å². The normalized spacial score (nSPS) is 11.2. The third-order valence-corrected chi connectivity index (χ3v) is 1.64. The van der Waals surface area contributed by atoms with E-state index >= 15 is 0 Å². The first-order chi connectivity index (χ1) is 7.11. The minimum Gasteiger partial charge on any atom is -0.480 e. The lowest BCUT2D eigenvalue weighted by atomic mass is 10.2. The van der Waals surface area contributed by atoms with Gasteiger partial charge in [0.1, 0.15) is 6.04 Å². The number of carbonyl (C=O) groups excluding carboxylic acids is 1. The SMILES string of the molecule is C#CCC(NC(=O)OCCCC)C(=O)O. The molecule has 0 aromatic heterocycles. The molecule has 15 heavy (non-hydrogen) atoms. The number of carbonyl (C=O) groups is 2. The lowest BCUT2D eigenvalue weighted by molar-refractivity contribution is -0.139. The van der Waals surface area contributed by atoms with Crippen LogP contribution >= 0.6 is 0 Å². The van der Waals surface area contributed by atoms with Crippen LogP contribution in [0.2, 0.25) is 0 Å². The Kier molecular flexibility index (Phi) is 6.81. The van der Waals surface area contributed by atoms with E-state index in [0.717, 1.165) is 12.8 Å². The highest BCUT2D eigenvalue weighted by molar-refractivity contribution is 5.80. The van der Waals surface area contributed by atoms with E-state index in [1.807, 2.05) is 6.92 Å². The fourth-order valence-corrected chi connectivity index (χ4v) is 0.811. The Morgan fingerprint density at radius 2 is 2.27 bits per heavy atom. The summed E-state index contributed by atoms with van der Waals surface area (Å²) in [5, 5.41) is 10.8. The highest BCUT2D eigenvalue weighted by Gasteiger charge is 2.18. The lowest BCUT2D eigenvalue weighted by Gasteiger charge is -2.11. The van der Waals surface area contributed by atoms with Crippen LogP contribution in [-0.2, 0) is 9.53 Å². The first-order valence-electron chi connectivity index (χ1n) is 4.71. The number of carboxylic acids is 1. The van der Waals surface area contributed by atoms with E-state index in [1.54, 1.807) is 0 Å². The molecular formula is C10H15NO4. The fraction of sp³-hybridized carbons (Fsp3) is 0.600. The van der Waals surface area contributed by atoms with E-state index in [9.17, 15) is 9.59 Å². The molecule has 0 saturated carbocycles. The molecule has 0 rings (SSSR count). The number of hydrogen-bond acceptors (Lipinski definition) is 3. The summed E-state index contributed by atoms with van der Waals surface area (Å²) in [6.45, 7) is 2.24. The highest BCUT2D eigenvalue weighted by Crippen LogP contribution is 1.93. The van der Waals surface area contributed by atoms with Gasteiger partial charge in [0.15, 0.2) is 0 Å². The van der Waals surface area contributed by atoms with Crippen molar-refractivity contribution < 1.29 is 19.4 Å². The molecule has 0 saturated heterocycles. The molecule has 0 aliphatic carbocycles.